The van der Waals surface area contributed by atoms with Gasteiger partial charge in [0.15, 0.2) is 0 Å². The van der Waals surface area contributed by atoms with Gasteiger partial charge in [-0.25, -0.2) is 0 Å². The quantitative estimate of drug-likeness (QED) is 0.927. The van der Waals surface area contributed by atoms with Gasteiger partial charge < -0.3 is 10.2 Å². The fraction of sp³-hybridized carbons (Fsp3) is 0.588. The molecule has 0 aliphatic carbocycles. The Kier molecular flexibility index (Phi) is 5.28. The molecule has 1 aromatic rings. The molecule has 0 radical (unpaired) electrons. The van der Waals surface area contributed by atoms with Gasteiger partial charge in [-0.3, -0.25) is 4.79 Å². The lowest BCUT2D eigenvalue weighted by atomic mass is 9.82. The van der Waals surface area contributed by atoms with Crippen molar-refractivity contribution in [1.82, 2.24) is 10.2 Å². The smallest absolute Gasteiger partial charge is 0.232 e. The number of likely N-dealkylation sites (tertiary alicyclic amines) is 1. The van der Waals surface area contributed by atoms with Crippen LogP contribution in [-0.4, -0.2) is 37.5 Å². The monoisotopic (exact) mass is 308 g/mol. The van der Waals surface area contributed by atoms with Crippen LogP contribution in [0.15, 0.2) is 24.3 Å². The van der Waals surface area contributed by atoms with Crippen molar-refractivity contribution in [3.8, 4) is 0 Å². The van der Waals surface area contributed by atoms with Crippen molar-refractivity contribution in [2.45, 2.75) is 32.1 Å². The highest BCUT2D eigenvalue weighted by Crippen LogP contribution is 2.32. The molecule has 3 nitrogen and oxygen atoms in total. The number of halogens is 1. The minimum absolute atomic E-state index is 0.177. The van der Waals surface area contributed by atoms with Crippen LogP contribution >= 0.6 is 11.6 Å². The van der Waals surface area contributed by atoms with E-state index in [1.165, 1.54) is 6.42 Å². The minimum Gasteiger partial charge on any atom is -0.342 e. The van der Waals surface area contributed by atoms with Crippen LogP contribution in [0.3, 0.4) is 0 Å². The van der Waals surface area contributed by atoms with Gasteiger partial charge in [-0.15, -0.1) is 0 Å². The van der Waals surface area contributed by atoms with Gasteiger partial charge in [0.1, 0.15) is 0 Å². The van der Waals surface area contributed by atoms with Gasteiger partial charge in [0.25, 0.3) is 0 Å². The number of hydrogen-bond donors (Lipinski definition) is 1. The molecule has 1 atom stereocenters. The molecule has 4 heteroatoms. The molecule has 1 heterocycles. The number of carbonyl (C=O) groups excluding carboxylic acids is 1. The Morgan fingerprint density at radius 3 is 2.81 bits per heavy atom. The maximum atomic E-state index is 13.0. The molecule has 0 spiro atoms. The molecule has 1 saturated heterocycles. The Bertz CT molecular complexity index is 499. The van der Waals surface area contributed by atoms with E-state index in [4.69, 9.17) is 11.6 Å². The lowest BCUT2D eigenvalue weighted by Crippen LogP contribution is -2.49. The van der Waals surface area contributed by atoms with Gasteiger partial charge in [0, 0.05) is 18.1 Å². The number of rotatable bonds is 4. The summed E-state index contributed by atoms with van der Waals surface area (Å²) in [7, 11) is 1.97. The maximum Gasteiger partial charge on any atom is 0.232 e. The lowest BCUT2D eigenvalue weighted by Gasteiger charge is -2.38. The fourth-order valence-corrected chi connectivity index (χ4v) is 3.56. The molecule has 0 saturated carbocycles. The first-order chi connectivity index (χ1) is 9.96. The van der Waals surface area contributed by atoms with E-state index in [0.717, 1.165) is 31.6 Å². The van der Waals surface area contributed by atoms with Crippen LogP contribution < -0.4 is 5.32 Å². The van der Waals surface area contributed by atoms with E-state index in [-0.39, 0.29) is 5.91 Å². The third-order valence-electron chi connectivity index (χ3n) is 4.38. The zero-order chi connectivity index (χ0) is 15.5. The average molecular weight is 309 g/mol. The van der Waals surface area contributed by atoms with Gasteiger partial charge >= 0.3 is 0 Å². The molecule has 1 aromatic carbocycles. The molecule has 21 heavy (non-hydrogen) atoms. The predicted molar refractivity (Wildman–Crippen MR) is 87.7 cm³/mol. The summed E-state index contributed by atoms with van der Waals surface area (Å²) in [4.78, 5) is 15.0. The molecular formula is C17H25ClN2O. The first-order valence-corrected chi connectivity index (χ1v) is 8.03. The second kappa shape index (κ2) is 6.80. The summed E-state index contributed by atoms with van der Waals surface area (Å²) in [5.41, 5.74) is 0.326. The van der Waals surface area contributed by atoms with Crippen molar-refractivity contribution in [2.75, 3.05) is 26.7 Å². The molecule has 0 unspecified atom stereocenters. The van der Waals surface area contributed by atoms with Gasteiger partial charge in [-0.2, -0.15) is 0 Å². The number of piperidine rings is 1. The topological polar surface area (TPSA) is 32.3 Å². The summed E-state index contributed by atoms with van der Waals surface area (Å²) >= 11 is 6.29. The first kappa shape index (κ1) is 16.3. The van der Waals surface area contributed by atoms with Crippen molar-refractivity contribution >= 4 is 17.5 Å². The second-order valence-corrected chi connectivity index (χ2v) is 6.83. The molecule has 1 N–H and O–H groups in total. The molecule has 0 aromatic heterocycles. The summed E-state index contributed by atoms with van der Waals surface area (Å²) in [6, 6.07) is 7.65. The van der Waals surface area contributed by atoms with E-state index in [0.29, 0.717) is 10.9 Å². The predicted octanol–water partition coefficient (Wildman–Crippen LogP) is 3.08. The lowest BCUT2D eigenvalue weighted by molar-refractivity contribution is -0.138. The summed E-state index contributed by atoms with van der Waals surface area (Å²) in [6.45, 7) is 6.60. The maximum absolute atomic E-state index is 13.0. The number of nitrogens with one attached hydrogen (secondary N) is 1. The normalized spacial score (nSPS) is 19.6. The SMILES string of the molecule is CNC[C@H]1CCCN(C(=O)C(C)(C)c2ccccc2Cl)C1. The largest absolute Gasteiger partial charge is 0.342 e. The Balaban J connectivity index is 2.16. The molecular weight excluding hydrogens is 284 g/mol. The summed E-state index contributed by atoms with van der Waals surface area (Å²) in [5.74, 6) is 0.728. The van der Waals surface area contributed by atoms with Crippen LogP contribution in [0.5, 0.6) is 0 Å². The van der Waals surface area contributed by atoms with Gasteiger partial charge in [0.2, 0.25) is 5.91 Å². The van der Waals surface area contributed by atoms with Crippen molar-refractivity contribution in [1.29, 1.82) is 0 Å². The Hall–Kier alpha value is -1.06. The van der Waals surface area contributed by atoms with Crippen molar-refractivity contribution in [3.05, 3.63) is 34.9 Å². The van der Waals surface area contributed by atoms with E-state index in [2.05, 4.69) is 5.32 Å². The number of benzene rings is 1. The fourth-order valence-electron chi connectivity index (χ4n) is 3.18. The number of amides is 1. The van der Waals surface area contributed by atoms with E-state index < -0.39 is 5.41 Å². The molecule has 116 valence electrons. The van der Waals surface area contributed by atoms with E-state index in [1.54, 1.807) is 0 Å². The van der Waals surface area contributed by atoms with Crippen LogP contribution in [0.25, 0.3) is 0 Å². The second-order valence-electron chi connectivity index (χ2n) is 6.42. The van der Waals surface area contributed by atoms with Gasteiger partial charge in [-0.05, 0) is 57.8 Å². The third kappa shape index (κ3) is 3.58. The van der Waals surface area contributed by atoms with Crippen LogP contribution in [0.1, 0.15) is 32.3 Å². The number of hydrogen-bond acceptors (Lipinski definition) is 2. The zero-order valence-electron chi connectivity index (χ0n) is 13.2. The molecule has 1 aliphatic rings. The number of nitrogens with zero attached hydrogens (tertiary/aromatic N) is 1. The summed E-state index contributed by atoms with van der Waals surface area (Å²) in [6.07, 6.45) is 2.27. The van der Waals surface area contributed by atoms with Crippen LogP contribution in [0.2, 0.25) is 5.02 Å². The van der Waals surface area contributed by atoms with E-state index in [9.17, 15) is 4.79 Å². The highest BCUT2D eigenvalue weighted by Gasteiger charge is 2.36. The summed E-state index contributed by atoms with van der Waals surface area (Å²) in [5, 5.41) is 3.88. The highest BCUT2D eigenvalue weighted by atomic mass is 35.5. The Morgan fingerprint density at radius 1 is 1.43 bits per heavy atom. The number of carbonyl (C=O) groups is 1. The molecule has 1 amide bonds. The van der Waals surface area contributed by atoms with E-state index >= 15 is 0 Å². The van der Waals surface area contributed by atoms with Gasteiger partial charge in [0.05, 0.1) is 5.41 Å². The van der Waals surface area contributed by atoms with Gasteiger partial charge in [-0.1, -0.05) is 29.8 Å². The molecule has 1 aliphatic heterocycles. The molecule has 1 fully saturated rings. The zero-order valence-corrected chi connectivity index (χ0v) is 13.9. The average Bonchev–Trinajstić information content (AvgIpc) is 2.47. The standard InChI is InChI=1S/C17H25ClN2O/c1-17(2,14-8-4-5-9-15(14)18)16(21)20-10-6-7-13(12-20)11-19-3/h4-5,8-9,13,19H,6-7,10-12H2,1-3H3/t13-/m1/s1. The molecule has 0 bridgehead atoms. The Labute approximate surface area is 132 Å². The highest BCUT2D eigenvalue weighted by molar-refractivity contribution is 6.31. The third-order valence-corrected chi connectivity index (χ3v) is 4.71. The van der Waals surface area contributed by atoms with Crippen LogP contribution in [0, 0.1) is 5.92 Å². The Morgan fingerprint density at radius 2 is 2.14 bits per heavy atom. The van der Waals surface area contributed by atoms with Crippen LogP contribution in [0.4, 0.5) is 0 Å². The van der Waals surface area contributed by atoms with Crippen molar-refractivity contribution < 1.29 is 4.79 Å². The first-order valence-electron chi connectivity index (χ1n) is 7.65. The van der Waals surface area contributed by atoms with E-state index in [1.807, 2.05) is 50.1 Å². The summed E-state index contributed by atoms with van der Waals surface area (Å²) < 4.78 is 0. The van der Waals surface area contributed by atoms with Crippen molar-refractivity contribution in [3.63, 3.8) is 0 Å². The van der Waals surface area contributed by atoms with Crippen molar-refractivity contribution in [2.24, 2.45) is 5.92 Å². The molecule has 2 rings (SSSR count). The minimum atomic E-state index is -0.583. The van der Waals surface area contributed by atoms with Crippen LogP contribution in [-0.2, 0) is 10.2 Å².